The summed E-state index contributed by atoms with van der Waals surface area (Å²) in [5, 5.41) is 0. The van der Waals surface area contributed by atoms with Gasteiger partial charge in [0.25, 0.3) is 10.0 Å². The van der Waals surface area contributed by atoms with E-state index in [1.54, 1.807) is 0 Å². The van der Waals surface area contributed by atoms with E-state index in [9.17, 15) is 26.4 Å². The van der Waals surface area contributed by atoms with Gasteiger partial charge in [0.2, 0.25) is 5.56 Å². The lowest BCUT2D eigenvalue weighted by Gasteiger charge is -2.11. The van der Waals surface area contributed by atoms with Gasteiger partial charge >= 0.3 is 6.18 Å². The average Bonchev–Trinajstić information content (AvgIpc) is 2.38. The van der Waals surface area contributed by atoms with Crippen molar-refractivity contribution in [2.24, 2.45) is 0 Å². The Hall–Kier alpha value is -2.29. The molecule has 0 fully saturated rings. The van der Waals surface area contributed by atoms with Gasteiger partial charge in [-0.1, -0.05) is 6.07 Å². The smallest absolute Gasteiger partial charge is 0.328 e. The Bertz CT molecular complexity index is 792. The van der Waals surface area contributed by atoms with E-state index < -0.39 is 27.3 Å². The molecule has 0 amide bonds. The highest BCUT2D eigenvalue weighted by atomic mass is 32.2. The molecule has 5 nitrogen and oxygen atoms in total. The number of hydrogen-bond donors (Lipinski definition) is 2. The van der Waals surface area contributed by atoms with E-state index in [0.29, 0.717) is 6.07 Å². The summed E-state index contributed by atoms with van der Waals surface area (Å²) in [7, 11) is -4.08. The summed E-state index contributed by atoms with van der Waals surface area (Å²) in [5.41, 5.74) is -1.69. The normalized spacial score (nSPS) is 12.1. The van der Waals surface area contributed by atoms with Gasteiger partial charge < -0.3 is 4.98 Å². The van der Waals surface area contributed by atoms with E-state index in [0.717, 1.165) is 30.5 Å². The van der Waals surface area contributed by atoms with E-state index in [4.69, 9.17) is 0 Å². The van der Waals surface area contributed by atoms with Crippen molar-refractivity contribution < 1.29 is 21.6 Å². The summed E-state index contributed by atoms with van der Waals surface area (Å²) in [6, 6.07) is 5.85. The Morgan fingerprint density at radius 1 is 1.10 bits per heavy atom. The average molecular weight is 318 g/mol. The van der Waals surface area contributed by atoms with Gasteiger partial charge in [0, 0.05) is 18.0 Å². The molecule has 0 atom stereocenters. The molecule has 9 heteroatoms. The summed E-state index contributed by atoms with van der Waals surface area (Å²) in [4.78, 5) is 12.8. The first kappa shape index (κ1) is 15.1. The number of nitrogens with one attached hydrogen (secondary N) is 2. The van der Waals surface area contributed by atoms with Crippen molar-refractivity contribution in [2.45, 2.75) is 11.1 Å². The second-order valence-electron chi connectivity index (χ2n) is 4.07. The number of hydrogen-bond acceptors (Lipinski definition) is 3. The van der Waals surface area contributed by atoms with Crippen LogP contribution < -0.4 is 10.3 Å². The number of anilines is 1. The van der Waals surface area contributed by atoms with Crippen LogP contribution in [0, 0.1) is 0 Å². The molecule has 1 heterocycles. The fourth-order valence-electron chi connectivity index (χ4n) is 1.54. The lowest BCUT2D eigenvalue weighted by atomic mass is 10.2. The number of aromatic amines is 1. The molecule has 2 aromatic rings. The van der Waals surface area contributed by atoms with Crippen LogP contribution in [-0.2, 0) is 16.2 Å². The third-order valence-corrected chi connectivity index (χ3v) is 3.89. The molecule has 0 spiro atoms. The molecule has 1 aromatic heterocycles. The number of aromatic nitrogens is 1. The molecule has 0 aliphatic heterocycles. The number of pyridine rings is 1. The third kappa shape index (κ3) is 3.63. The lowest BCUT2D eigenvalue weighted by Crippen LogP contribution is -2.15. The summed E-state index contributed by atoms with van der Waals surface area (Å²) in [6.45, 7) is 0. The van der Waals surface area contributed by atoms with Crippen LogP contribution in [0.1, 0.15) is 5.56 Å². The first-order valence-corrected chi connectivity index (χ1v) is 7.06. The standard InChI is InChI=1S/C12H9F3N2O3S/c13-12(14,15)8-2-1-3-9(6-8)17-21(19,20)10-4-5-11(18)16-7-10/h1-7,17H,(H,16,18). The van der Waals surface area contributed by atoms with Gasteiger partial charge in [-0.05, 0) is 24.3 Å². The summed E-state index contributed by atoms with van der Waals surface area (Å²) in [6.07, 6.45) is -3.61. The van der Waals surface area contributed by atoms with Crippen LogP contribution >= 0.6 is 0 Å². The SMILES string of the molecule is O=c1ccc(S(=O)(=O)Nc2cccc(C(F)(F)F)c2)c[nH]1. The second-order valence-corrected chi connectivity index (χ2v) is 5.76. The molecule has 0 unspecified atom stereocenters. The van der Waals surface area contributed by atoms with Crippen LogP contribution in [0.3, 0.4) is 0 Å². The van der Waals surface area contributed by atoms with Crippen LogP contribution in [-0.4, -0.2) is 13.4 Å². The van der Waals surface area contributed by atoms with Crippen molar-refractivity contribution in [3.8, 4) is 0 Å². The fourth-order valence-corrected chi connectivity index (χ4v) is 2.55. The first-order chi connectivity index (χ1) is 9.68. The number of alkyl halides is 3. The number of halogens is 3. The van der Waals surface area contributed by atoms with Crippen molar-refractivity contribution >= 4 is 15.7 Å². The van der Waals surface area contributed by atoms with E-state index in [2.05, 4.69) is 4.98 Å². The zero-order valence-corrected chi connectivity index (χ0v) is 11.1. The number of rotatable bonds is 3. The Balaban J connectivity index is 2.33. The molecular formula is C12H9F3N2O3S. The minimum Gasteiger partial charge on any atom is -0.328 e. The van der Waals surface area contributed by atoms with Crippen LogP contribution in [0.15, 0.2) is 52.3 Å². The molecule has 0 bridgehead atoms. The fraction of sp³-hybridized carbons (Fsp3) is 0.0833. The Kier molecular flexibility index (Phi) is 3.77. The van der Waals surface area contributed by atoms with Gasteiger partial charge in [-0.2, -0.15) is 13.2 Å². The lowest BCUT2D eigenvalue weighted by molar-refractivity contribution is -0.137. The van der Waals surface area contributed by atoms with Crippen molar-refractivity contribution in [1.29, 1.82) is 0 Å². The van der Waals surface area contributed by atoms with Crippen LogP contribution in [0.25, 0.3) is 0 Å². The molecule has 0 saturated carbocycles. The molecule has 0 aliphatic rings. The van der Waals surface area contributed by atoms with E-state index in [-0.39, 0.29) is 10.6 Å². The van der Waals surface area contributed by atoms with Crippen LogP contribution in [0.2, 0.25) is 0 Å². The van der Waals surface area contributed by atoms with Gasteiger partial charge in [0.1, 0.15) is 4.90 Å². The molecule has 0 saturated heterocycles. The monoisotopic (exact) mass is 318 g/mol. The zero-order valence-electron chi connectivity index (χ0n) is 10.3. The van der Waals surface area contributed by atoms with Gasteiger partial charge in [0.15, 0.2) is 0 Å². The number of H-pyrrole nitrogens is 1. The van der Waals surface area contributed by atoms with Crippen molar-refractivity contribution in [1.82, 2.24) is 4.98 Å². The highest BCUT2D eigenvalue weighted by Gasteiger charge is 2.30. The first-order valence-electron chi connectivity index (χ1n) is 5.57. The molecule has 0 radical (unpaired) electrons. The quantitative estimate of drug-likeness (QED) is 0.910. The maximum atomic E-state index is 12.6. The van der Waals surface area contributed by atoms with Gasteiger partial charge in [0.05, 0.1) is 5.56 Å². The molecule has 1 aromatic carbocycles. The van der Waals surface area contributed by atoms with Crippen molar-refractivity contribution in [3.63, 3.8) is 0 Å². The predicted molar refractivity (Wildman–Crippen MR) is 69.3 cm³/mol. The minimum atomic E-state index is -4.57. The third-order valence-electron chi connectivity index (χ3n) is 2.51. The Labute approximate surface area is 117 Å². The van der Waals surface area contributed by atoms with E-state index in [1.165, 1.54) is 6.07 Å². The molecular weight excluding hydrogens is 309 g/mol. The van der Waals surface area contributed by atoms with Gasteiger partial charge in [-0.15, -0.1) is 0 Å². The van der Waals surface area contributed by atoms with E-state index >= 15 is 0 Å². The molecule has 112 valence electrons. The minimum absolute atomic E-state index is 0.226. The highest BCUT2D eigenvalue weighted by Crippen LogP contribution is 2.31. The van der Waals surface area contributed by atoms with Gasteiger partial charge in [-0.3, -0.25) is 9.52 Å². The Morgan fingerprint density at radius 2 is 1.81 bits per heavy atom. The zero-order chi connectivity index (χ0) is 15.7. The summed E-state index contributed by atoms with van der Waals surface area (Å²) in [5.74, 6) is 0. The van der Waals surface area contributed by atoms with Crippen molar-refractivity contribution in [3.05, 3.63) is 58.5 Å². The summed E-state index contributed by atoms with van der Waals surface area (Å²) >= 11 is 0. The highest BCUT2D eigenvalue weighted by molar-refractivity contribution is 7.92. The molecule has 0 aliphatic carbocycles. The van der Waals surface area contributed by atoms with Crippen LogP contribution in [0.4, 0.5) is 18.9 Å². The number of sulfonamides is 1. The Morgan fingerprint density at radius 3 is 2.38 bits per heavy atom. The van der Waals surface area contributed by atoms with Crippen LogP contribution in [0.5, 0.6) is 0 Å². The molecule has 21 heavy (non-hydrogen) atoms. The van der Waals surface area contributed by atoms with Crippen molar-refractivity contribution in [2.75, 3.05) is 4.72 Å². The number of benzene rings is 1. The van der Waals surface area contributed by atoms with Gasteiger partial charge in [-0.25, -0.2) is 8.42 Å². The largest absolute Gasteiger partial charge is 0.416 e. The topological polar surface area (TPSA) is 79.0 Å². The summed E-state index contributed by atoms with van der Waals surface area (Å²) < 4.78 is 63.6. The van der Waals surface area contributed by atoms with E-state index in [1.807, 2.05) is 4.72 Å². The predicted octanol–water partition coefficient (Wildman–Crippen LogP) is 2.19. The maximum absolute atomic E-state index is 12.6. The maximum Gasteiger partial charge on any atom is 0.416 e. The molecule has 2 N–H and O–H groups in total. The second kappa shape index (κ2) is 5.24. The molecule has 2 rings (SSSR count).